The molecular formula is C14H27N3O4. The third-order valence-corrected chi connectivity index (χ3v) is 3.56. The van der Waals surface area contributed by atoms with Gasteiger partial charge >= 0.3 is 0 Å². The van der Waals surface area contributed by atoms with Gasteiger partial charge in [0.2, 0.25) is 11.8 Å². The van der Waals surface area contributed by atoms with Gasteiger partial charge in [0.1, 0.15) is 0 Å². The van der Waals surface area contributed by atoms with Gasteiger partial charge in [0.25, 0.3) is 0 Å². The second-order valence-electron chi connectivity index (χ2n) is 5.52. The molecule has 0 aliphatic carbocycles. The van der Waals surface area contributed by atoms with Crippen LogP contribution >= 0.6 is 0 Å². The highest BCUT2D eigenvalue weighted by atomic mass is 16.5. The van der Waals surface area contributed by atoms with Gasteiger partial charge in [-0.05, 0) is 13.3 Å². The Balaban J connectivity index is 2.41. The number of ether oxygens (including phenoxy) is 1. The summed E-state index contributed by atoms with van der Waals surface area (Å²) < 4.78 is 5.44. The van der Waals surface area contributed by atoms with Gasteiger partial charge < -0.3 is 20.1 Å². The number of nitrogens with zero attached hydrogens (tertiary/aromatic N) is 2. The van der Waals surface area contributed by atoms with Crippen LogP contribution in [0.15, 0.2) is 0 Å². The SMILES string of the molecule is CCCNC(=O)CN(C)C(=O)CN1CC(CO)OCC1C. The van der Waals surface area contributed by atoms with E-state index in [9.17, 15) is 9.59 Å². The molecule has 0 bridgehead atoms. The second-order valence-corrected chi connectivity index (χ2v) is 5.52. The third-order valence-electron chi connectivity index (χ3n) is 3.56. The first-order valence-electron chi connectivity index (χ1n) is 7.45. The minimum absolute atomic E-state index is 0.0489. The van der Waals surface area contributed by atoms with Crippen molar-refractivity contribution in [2.45, 2.75) is 32.4 Å². The molecule has 0 saturated carbocycles. The molecule has 1 heterocycles. The van der Waals surface area contributed by atoms with Crippen molar-refractivity contribution in [1.29, 1.82) is 0 Å². The molecule has 0 radical (unpaired) electrons. The minimum atomic E-state index is -0.243. The molecule has 122 valence electrons. The van der Waals surface area contributed by atoms with Crippen LogP contribution in [0.4, 0.5) is 0 Å². The molecule has 1 aliphatic heterocycles. The van der Waals surface area contributed by atoms with E-state index in [-0.39, 0.29) is 43.7 Å². The lowest BCUT2D eigenvalue weighted by molar-refractivity contribution is -0.139. The fourth-order valence-electron chi connectivity index (χ4n) is 2.12. The quantitative estimate of drug-likeness (QED) is 0.634. The molecule has 0 aromatic heterocycles. The molecule has 1 aliphatic rings. The van der Waals surface area contributed by atoms with Gasteiger partial charge in [-0.15, -0.1) is 0 Å². The number of rotatable bonds is 7. The van der Waals surface area contributed by atoms with Gasteiger partial charge in [0, 0.05) is 26.2 Å². The van der Waals surface area contributed by atoms with E-state index in [1.54, 1.807) is 7.05 Å². The van der Waals surface area contributed by atoms with Crippen LogP contribution in [-0.2, 0) is 14.3 Å². The predicted molar refractivity (Wildman–Crippen MR) is 78.8 cm³/mol. The molecule has 0 aromatic rings. The number of carbonyl (C=O) groups is 2. The fourth-order valence-corrected chi connectivity index (χ4v) is 2.12. The molecule has 21 heavy (non-hydrogen) atoms. The number of aliphatic hydroxyl groups is 1. The van der Waals surface area contributed by atoms with Gasteiger partial charge in [-0.2, -0.15) is 0 Å². The maximum atomic E-state index is 12.2. The molecule has 2 unspecified atom stereocenters. The van der Waals surface area contributed by atoms with E-state index in [4.69, 9.17) is 9.84 Å². The number of amides is 2. The van der Waals surface area contributed by atoms with Crippen LogP contribution in [0.3, 0.4) is 0 Å². The zero-order chi connectivity index (χ0) is 15.8. The Morgan fingerprint density at radius 1 is 1.48 bits per heavy atom. The molecule has 7 nitrogen and oxygen atoms in total. The zero-order valence-electron chi connectivity index (χ0n) is 13.2. The lowest BCUT2D eigenvalue weighted by Gasteiger charge is -2.37. The van der Waals surface area contributed by atoms with Crippen molar-refractivity contribution >= 4 is 11.8 Å². The van der Waals surface area contributed by atoms with Crippen molar-refractivity contribution in [1.82, 2.24) is 15.1 Å². The van der Waals surface area contributed by atoms with Gasteiger partial charge in [-0.3, -0.25) is 14.5 Å². The van der Waals surface area contributed by atoms with E-state index in [2.05, 4.69) is 5.32 Å². The fraction of sp³-hybridized carbons (Fsp3) is 0.857. The van der Waals surface area contributed by atoms with Crippen LogP contribution in [0.2, 0.25) is 0 Å². The summed E-state index contributed by atoms with van der Waals surface area (Å²) in [7, 11) is 1.63. The number of morpholine rings is 1. The van der Waals surface area contributed by atoms with Crippen molar-refractivity contribution < 1.29 is 19.4 Å². The first-order chi connectivity index (χ1) is 9.97. The molecule has 0 aromatic carbocycles. The van der Waals surface area contributed by atoms with Crippen molar-refractivity contribution in [3.8, 4) is 0 Å². The highest BCUT2D eigenvalue weighted by Crippen LogP contribution is 2.11. The van der Waals surface area contributed by atoms with Crippen LogP contribution in [0.1, 0.15) is 20.3 Å². The number of nitrogens with one attached hydrogen (secondary N) is 1. The Morgan fingerprint density at radius 3 is 2.81 bits per heavy atom. The monoisotopic (exact) mass is 301 g/mol. The Bertz CT molecular complexity index is 351. The van der Waals surface area contributed by atoms with Gasteiger partial charge in [0.05, 0.1) is 32.4 Å². The summed E-state index contributed by atoms with van der Waals surface area (Å²) in [6, 6.07) is 0.124. The summed E-state index contributed by atoms with van der Waals surface area (Å²) in [6.45, 7) is 5.87. The Labute approximate surface area is 126 Å². The molecule has 1 rings (SSSR count). The molecule has 0 spiro atoms. The van der Waals surface area contributed by atoms with Crippen LogP contribution in [0.25, 0.3) is 0 Å². The molecule has 2 atom stereocenters. The summed E-state index contributed by atoms with van der Waals surface area (Å²) >= 11 is 0. The summed E-state index contributed by atoms with van der Waals surface area (Å²) in [5.41, 5.74) is 0. The number of aliphatic hydroxyl groups excluding tert-OH is 1. The van der Waals surface area contributed by atoms with E-state index in [1.165, 1.54) is 4.90 Å². The van der Waals surface area contributed by atoms with E-state index >= 15 is 0 Å². The lowest BCUT2D eigenvalue weighted by Crippen LogP contribution is -2.53. The van der Waals surface area contributed by atoms with Gasteiger partial charge in [-0.1, -0.05) is 6.92 Å². The van der Waals surface area contributed by atoms with Gasteiger partial charge in [0.15, 0.2) is 0 Å². The number of hydrogen-bond acceptors (Lipinski definition) is 5. The Morgan fingerprint density at radius 2 is 2.19 bits per heavy atom. The molecule has 1 saturated heterocycles. The first-order valence-corrected chi connectivity index (χ1v) is 7.45. The highest BCUT2D eigenvalue weighted by Gasteiger charge is 2.28. The van der Waals surface area contributed by atoms with Gasteiger partial charge in [-0.25, -0.2) is 0 Å². The van der Waals surface area contributed by atoms with Crippen LogP contribution < -0.4 is 5.32 Å². The van der Waals surface area contributed by atoms with Crippen molar-refractivity contribution in [2.24, 2.45) is 0 Å². The smallest absolute Gasteiger partial charge is 0.239 e. The van der Waals surface area contributed by atoms with Crippen LogP contribution in [0, 0.1) is 0 Å². The lowest BCUT2D eigenvalue weighted by atomic mass is 10.2. The maximum Gasteiger partial charge on any atom is 0.239 e. The average Bonchev–Trinajstić information content (AvgIpc) is 2.47. The molecule has 2 N–H and O–H groups in total. The first kappa shape index (κ1) is 17.9. The summed E-state index contributed by atoms with van der Waals surface area (Å²) in [4.78, 5) is 27.2. The Kier molecular flexibility index (Phi) is 7.63. The third kappa shape index (κ3) is 5.99. The van der Waals surface area contributed by atoms with E-state index in [0.717, 1.165) is 6.42 Å². The molecule has 2 amide bonds. The highest BCUT2D eigenvalue weighted by molar-refractivity contribution is 5.85. The zero-order valence-corrected chi connectivity index (χ0v) is 13.2. The van der Waals surface area contributed by atoms with Crippen molar-refractivity contribution in [3.63, 3.8) is 0 Å². The maximum absolute atomic E-state index is 12.2. The average molecular weight is 301 g/mol. The van der Waals surface area contributed by atoms with Crippen molar-refractivity contribution in [2.75, 3.05) is 46.4 Å². The molecular weight excluding hydrogens is 274 g/mol. The topological polar surface area (TPSA) is 82.1 Å². The van der Waals surface area contributed by atoms with Crippen LogP contribution in [0.5, 0.6) is 0 Å². The van der Waals surface area contributed by atoms with E-state index < -0.39 is 0 Å². The predicted octanol–water partition coefficient (Wildman–Crippen LogP) is -0.947. The molecule has 7 heteroatoms. The summed E-state index contributed by atoms with van der Waals surface area (Å²) in [5.74, 6) is -0.247. The van der Waals surface area contributed by atoms with Crippen LogP contribution in [-0.4, -0.2) is 85.3 Å². The normalized spacial score (nSPS) is 22.9. The van der Waals surface area contributed by atoms with E-state index in [0.29, 0.717) is 19.7 Å². The molecule has 1 fully saturated rings. The number of likely N-dealkylation sites (N-methyl/N-ethyl adjacent to an activating group) is 1. The standard InChI is InChI=1S/C14H27N3O4/c1-4-5-15-13(19)7-16(3)14(20)8-17-6-12(9-18)21-10-11(17)2/h11-12,18H,4-10H2,1-3H3,(H,15,19). The summed E-state index contributed by atoms with van der Waals surface area (Å²) in [6.07, 6.45) is 0.629. The second kappa shape index (κ2) is 8.96. The number of hydrogen-bond donors (Lipinski definition) is 2. The number of carbonyl (C=O) groups excluding carboxylic acids is 2. The van der Waals surface area contributed by atoms with Crippen molar-refractivity contribution in [3.05, 3.63) is 0 Å². The summed E-state index contributed by atoms with van der Waals surface area (Å²) in [5, 5.41) is 11.9. The minimum Gasteiger partial charge on any atom is -0.394 e. The Hall–Kier alpha value is -1.18. The largest absolute Gasteiger partial charge is 0.394 e. The van der Waals surface area contributed by atoms with E-state index in [1.807, 2.05) is 18.7 Å².